The van der Waals surface area contributed by atoms with Crippen LogP contribution in [0.1, 0.15) is 112 Å². The predicted molar refractivity (Wildman–Crippen MR) is 149 cm³/mol. The van der Waals surface area contributed by atoms with E-state index in [9.17, 15) is 15.0 Å². The van der Waals surface area contributed by atoms with E-state index in [2.05, 4.69) is 43.0 Å². The zero-order valence-corrected chi connectivity index (χ0v) is 24.5. The van der Waals surface area contributed by atoms with Gasteiger partial charge in [-0.3, -0.25) is 0 Å². The van der Waals surface area contributed by atoms with Crippen LogP contribution in [-0.2, 0) is 4.79 Å². The van der Waals surface area contributed by atoms with E-state index in [4.69, 9.17) is 5.11 Å². The van der Waals surface area contributed by atoms with Crippen LogP contribution in [0.3, 0.4) is 0 Å². The highest BCUT2D eigenvalue weighted by atomic mass is 31.0. The van der Waals surface area contributed by atoms with E-state index in [0.717, 1.165) is 57.8 Å². The van der Waals surface area contributed by atoms with Crippen LogP contribution in [0.15, 0.2) is 11.6 Å². The van der Waals surface area contributed by atoms with Gasteiger partial charge in [0.1, 0.15) is 6.29 Å². The first-order chi connectivity index (χ1) is 16.0. The summed E-state index contributed by atoms with van der Waals surface area (Å²) in [6, 6.07) is 0. The molecule has 0 aliphatic heterocycles. The van der Waals surface area contributed by atoms with Gasteiger partial charge in [-0.1, -0.05) is 78.4 Å². The Labute approximate surface area is 213 Å². The molecular formula is C29H57O4P. The van der Waals surface area contributed by atoms with Gasteiger partial charge in [0.05, 0.1) is 11.7 Å². The van der Waals surface area contributed by atoms with Crippen molar-refractivity contribution >= 4 is 15.5 Å². The molecule has 34 heavy (non-hydrogen) atoms. The number of hydrogen-bond donors (Lipinski definition) is 3. The average Bonchev–Trinajstić information content (AvgIpc) is 2.80. The van der Waals surface area contributed by atoms with Gasteiger partial charge in [-0.05, 0) is 74.8 Å². The lowest BCUT2D eigenvalue weighted by Crippen LogP contribution is -2.34. The summed E-state index contributed by atoms with van der Waals surface area (Å²) in [7, 11) is 4.01. The highest BCUT2D eigenvalue weighted by Gasteiger charge is 2.31. The third-order valence-electron chi connectivity index (χ3n) is 8.09. The van der Waals surface area contributed by atoms with Gasteiger partial charge < -0.3 is 20.1 Å². The SMILES string of the molecule is CC(C=O)CCCC(C)(O)CCCC(C)CCCC(C)CCC1=CC(O)C(C)C(C)C1P.CO. The summed E-state index contributed by atoms with van der Waals surface area (Å²) in [5.41, 5.74) is 1.34. The number of aliphatic hydroxyl groups excluding tert-OH is 2. The number of allylic oxidation sites excluding steroid dienone is 1. The van der Waals surface area contributed by atoms with Crippen molar-refractivity contribution in [2.45, 2.75) is 130 Å². The van der Waals surface area contributed by atoms with E-state index in [0.29, 0.717) is 23.4 Å². The number of aldehydes is 1. The topological polar surface area (TPSA) is 77.8 Å². The van der Waals surface area contributed by atoms with Crippen LogP contribution in [0, 0.1) is 29.6 Å². The van der Waals surface area contributed by atoms with Gasteiger partial charge in [-0.15, -0.1) is 9.24 Å². The van der Waals surface area contributed by atoms with E-state index in [1.807, 2.05) is 13.8 Å². The molecule has 1 aliphatic rings. The van der Waals surface area contributed by atoms with Gasteiger partial charge in [0.15, 0.2) is 0 Å². The van der Waals surface area contributed by atoms with Crippen LogP contribution in [0.4, 0.5) is 0 Å². The lowest BCUT2D eigenvalue weighted by molar-refractivity contribution is -0.110. The first-order valence-electron chi connectivity index (χ1n) is 13.7. The standard InChI is InChI=1S/C28H53O3P.CH4O/c1-20(12-8-16-28(6,31)17-9-13-22(3)19-29)10-7-11-21(2)14-15-25-18-26(30)23(4)24(5)27(25)32;1-2/h18-24,26-27,30-31H,7-17,32H2,1-6H3;2H,1H3. The second-order valence-corrected chi connectivity index (χ2v) is 12.3. The van der Waals surface area contributed by atoms with Crippen LogP contribution < -0.4 is 0 Å². The molecule has 0 saturated heterocycles. The third kappa shape index (κ3) is 13.7. The van der Waals surface area contributed by atoms with Crippen molar-refractivity contribution in [1.29, 1.82) is 0 Å². The number of rotatable bonds is 16. The molecule has 0 bridgehead atoms. The van der Waals surface area contributed by atoms with Gasteiger partial charge in [0.2, 0.25) is 0 Å². The zero-order chi connectivity index (χ0) is 26.3. The van der Waals surface area contributed by atoms with Crippen molar-refractivity contribution < 1.29 is 20.1 Å². The molecule has 0 spiro atoms. The summed E-state index contributed by atoms with van der Waals surface area (Å²) >= 11 is 0. The quantitative estimate of drug-likeness (QED) is 0.127. The van der Waals surface area contributed by atoms with Crippen LogP contribution in [0.25, 0.3) is 0 Å². The van der Waals surface area contributed by atoms with Crippen molar-refractivity contribution in [1.82, 2.24) is 0 Å². The second-order valence-electron chi connectivity index (χ2n) is 11.6. The normalized spacial score (nSPS) is 27.0. The Morgan fingerprint density at radius 3 is 2.00 bits per heavy atom. The molecule has 0 aromatic rings. The fraction of sp³-hybridized carbons (Fsp3) is 0.897. The summed E-state index contributed by atoms with van der Waals surface area (Å²) < 4.78 is 0. The van der Waals surface area contributed by atoms with E-state index in [1.165, 1.54) is 37.7 Å². The minimum Gasteiger partial charge on any atom is -0.400 e. The minimum absolute atomic E-state index is 0.105. The second kappa shape index (κ2) is 18.0. The van der Waals surface area contributed by atoms with E-state index >= 15 is 0 Å². The molecule has 0 saturated carbocycles. The molecule has 9 unspecified atom stereocenters. The largest absolute Gasteiger partial charge is 0.400 e. The van der Waals surface area contributed by atoms with Gasteiger partial charge in [-0.2, -0.15) is 0 Å². The number of aliphatic hydroxyl groups is 3. The van der Waals surface area contributed by atoms with Crippen molar-refractivity contribution in [3.63, 3.8) is 0 Å². The van der Waals surface area contributed by atoms with Gasteiger partial charge in [0, 0.05) is 13.0 Å². The lowest BCUT2D eigenvalue weighted by atomic mass is 9.78. The summed E-state index contributed by atoms with van der Waals surface area (Å²) in [6.07, 6.45) is 14.7. The Morgan fingerprint density at radius 1 is 0.941 bits per heavy atom. The fourth-order valence-corrected chi connectivity index (χ4v) is 5.68. The lowest BCUT2D eigenvalue weighted by Gasteiger charge is -2.36. The van der Waals surface area contributed by atoms with Crippen molar-refractivity contribution in [3.8, 4) is 0 Å². The molecule has 0 amide bonds. The third-order valence-corrected chi connectivity index (χ3v) is 9.12. The molecule has 5 heteroatoms. The summed E-state index contributed by atoms with van der Waals surface area (Å²) in [5.74, 6) is 2.40. The monoisotopic (exact) mass is 500 g/mol. The zero-order valence-electron chi connectivity index (χ0n) is 23.3. The molecule has 0 aromatic carbocycles. The molecule has 1 aliphatic carbocycles. The highest BCUT2D eigenvalue weighted by Crippen LogP contribution is 2.37. The molecule has 9 atom stereocenters. The maximum Gasteiger partial charge on any atom is 0.122 e. The van der Waals surface area contributed by atoms with E-state index in [-0.39, 0.29) is 12.0 Å². The Kier molecular flexibility index (Phi) is 17.9. The van der Waals surface area contributed by atoms with Crippen LogP contribution >= 0.6 is 9.24 Å². The predicted octanol–water partition coefficient (Wildman–Crippen LogP) is 6.56. The molecule has 3 N–H and O–H groups in total. The number of carbonyl (C=O) groups is 1. The van der Waals surface area contributed by atoms with Gasteiger partial charge in [0.25, 0.3) is 0 Å². The smallest absolute Gasteiger partial charge is 0.122 e. The Morgan fingerprint density at radius 2 is 1.44 bits per heavy atom. The van der Waals surface area contributed by atoms with E-state index < -0.39 is 5.60 Å². The fourth-order valence-electron chi connectivity index (χ4n) is 5.05. The maximum absolute atomic E-state index is 10.7. The van der Waals surface area contributed by atoms with Crippen molar-refractivity contribution in [2.24, 2.45) is 29.6 Å². The molecule has 202 valence electrons. The number of hydrogen-bond acceptors (Lipinski definition) is 4. The van der Waals surface area contributed by atoms with Crippen LogP contribution in [0.5, 0.6) is 0 Å². The van der Waals surface area contributed by atoms with Crippen LogP contribution in [-0.4, -0.2) is 46.1 Å². The Bertz CT molecular complexity index is 562. The molecule has 0 radical (unpaired) electrons. The Hall–Kier alpha value is -0.280. The Balaban J connectivity index is 0.00000529. The van der Waals surface area contributed by atoms with Crippen molar-refractivity contribution in [2.75, 3.05) is 7.11 Å². The summed E-state index contributed by atoms with van der Waals surface area (Å²) in [6.45, 7) is 13.0. The van der Waals surface area contributed by atoms with Gasteiger partial charge >= 0.3 is 0 Å². The molecule has 1 rings (SSSR count). The molecule has 0 aromatic heterocycles. The first-order valence-corrected chi connectivity index (χ1v) is 14.4. The highest BCUT2D eigenvalue weighted by molar-refractivity contribution is 7.18. The average molecular weight is 501 g/mol. The maximum atomic E-state index is 10.7. The molecule has 0 heterocycles. The van der Waals surface area contributed by atoms with Crippen molar-refractivity contribution in [3.05, 3.63) is 11.6 Å². The van der Waals surface area contributed by atoms with Crippen LogP contribution in [0.2, 0.25) is 0 Å². The first kappa shape index (κ1) is 33.7. The molecule has 0 fully saturated rings. The van der Waals surface area contributed by atoms with Gasteiger partial charge in [-0.25, -0.2) is 0 Å². The summed E-state index contributed by atoms with van der Waals surface area (Å²) in [5, 5.41) is 27.9. The molecule has 4 nitrogen and oxygen atoms in total. The number of carbonyl (C=O) groups excluding carboxylic acids is 1. The van der Waals surface area contributed by atoms with E-state index in [1.54, 1.807) is 0 Å². The summed E-state index contributed by atoms with van der Waals surface area (Å²) in [4.78, 5) is 10.7. The minimum atomic E-state index is -0.594. The molecular weight excluding hydrogens is 443 g/mol.